The van der Waals surface area contributed by atoms with Crippen molar-refractivity contribution < 1.29 is 29.4 Å². The Bertz CT molecular complexity index is 981. The van der Waals surface area contributed by atoms with Crippen LogP contribution in [0.15, 0.2) is 35.0 Å². The molecular formula is C25H36N4O6. The molecule has 192 valence electrons. The van der Waals surface area contributed by atoms with Crippen LogP contribution in [0.1, 0.15) is 53.5 Å². The second-order valence-corrected chi connectivity index (χ2v) is 9.61. The third-order valence-corrected chi connectivity index (χ3v) is 5.85. The van der Waals surface area contributed by atoms with Crippen LogP contribution in [0.25, 0.3) is 5.57 Å². The summed E-state index contributed by atoms with van der Waals surface area (Å²) in [4.78, 5) is 48.9. The van der Waals surface area contributed by atoms with Crippen molar-refractivity contribution >= 4 is 29.5 Å². The lowest BCUT2D eigenvalue weighted by atomic mass is 9.85. The third kappa shape index (κ3) is 7.37. The van der Waals surface area contributed by atoms with Crippen LogP contribution in [-0.4, -0.2) is 70.4 Å². The first-order valence-electron chi connectivity index (χ1n) is 11.5. The van der Waals surface area contributed by atoms with Gasteiger partial charge < -0.3 is 25.3 Å². The molecule has 1 aromatic carbocycles. The number of nitrogens with zero attached hydrogens (tertiary/aromatic N) is 2. The Labute approximate surface area is 206 Å². The molecule has 0 radical (unpaired) electrons. The molecule has 1 heterocycles. The van der Waals surface area contributed by atoms with Gasteiger partial charge in [0, 0.05) is 24.9 Å². The summed E-state index contributed by atoms with van der Waals surface area (Å²) in [5, 5.41) is 21.8. The second kappa shape index (κ2) is 11.9. The van der Waals surface area contributed by atoms with Crippen molar-refractivity contribution in [1.82, 2.24) is 15.7 Å². The zero-order valence-corrected chi connectivity index (χ0v) is 21.2. The van der Waals surface area contributed by atoms with Crippen LogP contribution in [0.5, 0.6) is 5.75 Å². The molecule has 0 aromatic heterocycles. The standard InChI is InChI=1S/C25H36N4O6/c1-7-26-16(3)15(2)17-8-10-19(11-9-17)35-28-23(33)20-12-18(31)13-29(20)24(34)22(25(4,5)6)27-21(32)14-30/h7-11,18,20,22,30-31H,12-14H2,1-6H3,(H,27,32)(H,28,33)/b16-15+,26-7?/t18-,20?,22?/m1/s1. The molecule has 1 fully saturated rings. The molecule has 35 heavy (non-hydrogen) atoms. The molecule has 0 bridgehead atoms. The number of aliphatic hydroxyl groups excluding tert-OH is 2. The first-order valence-corrected chi connectivity index (χ1v) is 11.5. The number of aliphatic hydroxyl groups is 2. The van der Waals surface area contributed by atoms with E-state index in [9.17, 15) is 19.5 Å². The van der Waals surface area contributed by atoms with Crippen molar-refractivity contribution in [2.75, 3.05) is 13.2 Å². The van der Waals surface area contributed by atoms with Gasteiger partial charge in [0.05, 0.1) is 6.10 Å². The molecule has 0 spiro atoms. The van der Waals surface area contributed by atoms with E-state index >= 15 is 0 Å². The summed E-state index contributed by atoms with van der Waals surface area (Å²) in [5.41, 5.74) is 4.53. The molecule has 0 aliphatic carbocycles. The van der Waals surface area contributed by atoms with E-state index in [1.54, 1.807) is 39.1 Å². The van der Waals surface area contributed by atoms with Gasteiger partial charge in [-0.1, -0.05) is 32.9 Å². The second-order valence-electron chi connectivity index (χ2n) is 9.61. The minimum atomic E-state index is -0.993. The summed E-state index contributed by atoms with van der Waals surface area (Å²) in [5.74, 6) is -1.42. The average Bonchev–Trinajstić information content (AvgIpc) is 3.21. The van der Waals surface area contributed by atoms with Crippen LogP contribution in [0.2, 0.25) is 0 Å². The number of carbonyl (C=O) groups excluding carboxylic acids is 3. The van der Waals surface area contributed by atoms with E-state index < -0.39 is 47.9 Å². The Kier molecular flexibility index (Phi) is 9.55. The average molecular weight is 489 g/mol. The van der Waals surface area contributed by atoms with E-state index in [0.717, 1.165) is 16.8 Å². The number of benzene rings is 1. The topological polar surface area (TPSA) is 141 Å². The van der Waals surface area contributed by atoms with Gasteiger partial charge in [0.25, 0.3) is 5.91 Å². The molecule has 1 aromatic rings. The van der Waals surface area contributed by atoms with Gasteiger partial charge in [-0.25, -0.2) is 0 Å². The summed E-state index contributed by atoms with van der Waals surface area (Å²) in [6, 6.07) is 5.13. The SMILES string of the molecule is CC=N/C(C)=C(\C)c1ccc(ONC(=O)C2C[C@@H](O)CN2C(=O)C(NC(=O)CO)C(C)(C)C)cc1. The number of allylic oxidation sites excluding steroid dienone is 2. The van der Waals surface area contributed by atoms with Crippen molar-refractivity contribution in [2.45, 2.75) is 66.2 Å². The number of rotatable bonds is 8. The first kappa shape index (κ1) is 28.0. The maximum atomic E-state index is 13.3. The number of likely N-dealkylation sites (tertiary alicyclic amines) is 1. The Hall–Kier alpha value is -3.24. The van der Waals surface area contributed by atoms with Crippen molar-refractivity contribution in [3.05, 3.63) is 35.5 Å². The highest BCUT2D eigenvalue weighted by Gasteiger charge is 2.44. The normalized spacial score (nSPS) is 19.8. The molecule has 1 saturated heterocycles. The summed E-state index contributed by atoms with van der Waals surface area (Å²) >= 11 is 0. The van der Waals surface area contributed by atoms with Crippen LogP contribution in [0, 0.1) is 5.41 Å². The molecule has 10 nitrogen and oxygen atoms in total. The molecule has 4 N–H and O–H groups in total. The lowest BCUT2D eigenvalue weighted by molar-refractivity contribution is -0.146. The Morgan fingerprint density at radius 1 is 1.23 bits per heavy atom. The van der Waals surface area contributed by atoms with Gasteiger partial charge in [-0.15, -0.1) is 0 Å². The molecule has 10 heteroatoms. The molecule has 3 amide bonds. The quantitative estimate of drug-likeness (QED) is 0.322. The predicted octanol–water partition coefficient (Wildman–Crippen LogP) is 1.42. The first-order chi connectivity index (χ1) is 16.4. The fourth-order valence-electron chi connectivity index (χ4n) is 3.78. The number of hydrogen-bond acceptors (Lipinski definition) is 7. The largest absolute Gasteiger partial charge is 0.391 e. The smallest absolute Gasteiger partial charge is 0.275 e. The number of hydroxylamine groups is 1. The fourth-order valence-corrected chi connectivity index (χ4v) is 3.78. The van der Waals surface area contributed by atoms with Crippen LogP contribution in [0.4, 0.5) is 0 Å². The van der Waals surface area contributed by atoms with E-state index in [0.29, 0.717) is 5.75 Å². The Morgan fingerprint density at radius 2 is 1.86 bits per heavy atom. The van der Waals surface area contributed by atoms with Gasteiger partial charge in [-0.3, -0.25) is 19.4 Å². The lowest BCUT2D eigenvalue weighted by Gasteiger charge is -2.35. The Balaban J connectivity index is 2.11. The molecule has 3 atom stereocenters. The highest BCUT2D eigenvalue weighted by Crippen LogP contribution is 2.26. The van der Waals surface area contributed by atoms with Crippen molar-refractivity contribution in [3.63, 3.8) is 0 Å². The summed E-state index contributed by atoms with van der Waals surface area (Å²) in [7, 11) is 0. The molecular weight excluding hydrogens is 452 g/mol. The molecule has 1 aliphatic heterocycles. The van der Waals surface area contributed by atoms with Crippen LogP contribution >= 0.6 is 0 Å². The van der Waals surface area contributed by atoms with Crippen LogP contribution in [0.3, 0.4) is 0 Å². The molecule has 1 aliphatic rings. The molecule has 0 saturated carbocycles. The monoisotopic (exact) mass is 488 g/mol. The number of aliphatic imine (C=N–C) groups is 1. The van der Waals surface area contributed by atoms with Gasteiger partial charge in [-0.05, 0) is 49.5 Å². The van der Waals surface area contributed by atoms with E-state index in [1.807, 2.05) is 32.9 Å². The third-order valence-electron chi connectivity index (χ3n) is 5.85. The molecule has 2 unspecified atom stereocenters. The number of amides is 3. The van der Waals surface area contributed by atoms with E-state index in [1.165, 1.54) is 4.90 Å². The number of hydrogen-bond donors (Lipinski definition) is 4. The summed E-state index contributed by atoms with van der Waals surface area (Å²) in [6.07, 6.45) is 0.864. The van der Waals surface area contributed by atoms with Gasteiger partial charge in [-0.2, -0.15) is 5.48 Å². The van der Waals surface area contributed by atoms with Crippen molar-refractivity contribution in [1.29, 1.82) is 0 Å². The lowest BCUT2D eigenvalue weighted by Crippen LogP contribution is -2.58. The highest BCUT2D eigenvalue weighted by molar-refractivity contribution is 5.93. The molecule has 2 rings (SSSR count). The summed E-state index contributed by atoms with van der Waals surface area (Å²) in [6.45, 7) is 10.2. The minimum absolute atomic E-state index is 0.0336. The number of β-amino-alcohol motifs (C(OH)–C–C–N with tert-alkyl or cyclic N) is 1. The maximum absolute atomic E-state index is 13.3. The highest BCUT2D eigenvalue weighted by atomic mass is 16.7. The van der Waals surface area contributed by atoms with Gasteiger partial charge in [0.1, 0.15) is 18.7 Å². The van der Waals surface area contributed by atoms with Crippen molar-refractivity contribution in [2.24, 2.45) is 10.4 Å². The summed E-state index contributed by atoms with van der Waals surface area (Å²) < 4.78 is 0. The number of carbonyl (C=O) groups is 3. The zero-order valence-electron chi connectivity index (χ0n) is 21.2. The van der Waals surface area contributed by atoms with Crippen LogP contribution in [-0.2, 0) is 14.4 Å². The fraction of sp³-hybridized carbons (Fsp3) is 0.520. The zero-order chi connectivity index (χ0) is 26.3. The van der Waals surface area contributed by atoms with E-state index in [4.69, 9.17) is 9.94 Å². The number of nitrogens with one attached hydrogen (secondary N) is 2. The maximum Gasteiger partial charge on any atom is 0.275 e. The van der Waals surface area contributed by atoms with Gasteiger partial charge in [0.2, 0.25) is 11.8 Å². The minimum Gasteiger partial charge on any atom is -0.391 e. The van der Waals surface area contributed by atoms with E-state index in [-0.39, 0.29) is 13.0 Å². The predicted molar refractivity (Wildman–Crippen MR) is 132 cm³/mol. The van der Waals surface area contributed by atoms with E-state index in [2.05, 4.69) is 15.8 Å². The van der Waals surface area contributed by atoms with Crippen LogP contribution < -0.4 is 15.6 Å². The van der Waals surface area contributed by atoms with Gasteiger partial charge in [0.15, 0.2) is 5.75 Å². The Morgan fingerprint density at radius 3 is 2.40 bits per heavy atom. The van der Waals surface area contributed by atoms with Gasteiger partial charge >= 0.3 is 0 Å². The van der Waals surface area contributed by atoms with Crippen molar-refractivity contribution in [3.8, 4) is 5.75 Å².